The number of amides is 1. The molecule has 0 radical (unpaired) electrons. The summed E-state index contributed by atoms with van der Waals surface area (Å²) in [5.41, 5.74) is 1.25. The van der Waals surface area contributed by atoms with Crippen LogP contribution in [0.1, 0.15) is 28.0 Å². The number of carbonyl (C=O) groups is 1. The highest BCUT2D eigenvalue weighted by molar-refractivity contribution is 7.91. The van der Waals surface area contributed by atoms with Crippen LogP contribution in [0, 0.1) is 0 Å². The molecule has 152 valence electrons. The van der Waals surface area contributed by atoms with Crippen molar-refractivity contribution < 1.29 is 23.1 Å². The number of methoxy groups -OCH3 is 1. The summed E-state index contributed by atoms with van der Waals surface area (Å²) in [4.78, 5) is 16.9. The molecule has 0 fully saturated rings. The third-order valence-electron chi connectivity index (χ3n) is 4.25. The molecule has 0 aliphatic carbocycles. The maximum Gasteiger partial charge on any atom is 0.275 e. The van der Waals surface area contributed by atoms with Crippen LogP contribution in [0.15, 0.2) is 52.7 Å². The van der Waals surface area contributed by atoms with Crippen LogP contribution in [0.2, 0.25) is 0 Å². The number of nitrogens with zero attached hydrogens (tertiary/aromatic N) is 1. The number of aromatic nitrogens is 1. The molecule has 1 amide bonds. The molecule has 1 aromatic heterocycles. The Morgan fingerprint density at radius 2 is 1.93 bits per heavy atom. The Morgan fingerprint density at radius 1 is 1.21 bits per heavy atom. The molecule has 9 heteroatoms. The summed E-state index contributed by atoms with van der Waals surface area (Å²) >= 11 is 1.35. The van der Waals surface area contributed by atoms with Crippen LogP contribution in [-0.4, -0.2) is 37.3 Å². The number of hydrogen-bond donors (Lipinski definition) is 2. The zero-order chi connectivity index (χ0) is 21.0. The van der Waals surface area contributed by atoms with Crippen molar-refractivity contribution in [3.63, 3.8) is 0 Å². The van der Waals surface area contributed by atoms with E-state index in [2.05, 4.69) is 10.3 Å². The fourth-order valence-corrected chi connectivity index (χ4v) is 4.29. The average molecular weight is 433 g/mol. The summed E-state index contributed by atoms with van der Waals surface area (Å²) in [6.45, 7) is 1.53. The molecule has 3 aromatic rings. The van der Waals surface area contributed by atoms with Gasteiger partial charge >= 0.3 is 0 Å². The summed E-state index contributed by atoms with van der Waals surface area (Å²) in [6.07, 6.45) is 0.567. The van der Waals surface area contributed by atoms with Gasteiger partial charge in [-0.05, 0) is 35.9 Å². The molecule has 3 rings (SSSR count). The summed E-state index contributed by atoms with van der Waals surface area (Å²) in [5, 5.41) is 14.9. The first-order valence-electron chi connectivity index (χ1n) is 8.77. The average Bonchev–Trinajstić information content (AvgIpc) is 3.18. The van der Waals surface area contributed by atoms with Crippen molar-refractivity contribution in [1.29, 1.82) is 0 Å². The van der Waals surface area contributed by atoms with Gasteiger partial charge in [0, 0.05) is 11.8 Å². The largest absolute Gasteiger partial charge is 0.506 e. The third-order valence-corrected chi connectivity index (χ3v) is 6.84. The molecule has 0 unspecified atom stereocenters. The minimum absolute atomic E-state index is 0.0224. The lowest BCUT2D eigenvalue weighted by atomic mass is 10.1. The Kier molecular flexibility index (Phi) is 6.19. The van der Waals surface area contributed by atoms with Crippen LogP contribution in [0.4, 0.5) is 5.69 Å². The topological polar surface area (TPSA) is 106 Å². The van der Waals surface area contributed by atoms with Gasteiger partial charge in [-0.3, -0.25) is 4.79 Å². The summed E-state index contributed by atoms with van der Waals surface area (Å²) in [5.74, 6) is -0.0582. The van der Waals surface area contributed by atoms with Gasteiger partial charge in [0.05, 0.1) is 28.5 Å². The van der Waals surface area contributed by atoms with E-state index < -0.39 is 15.7 Å². The van der Waals surface area contributed by atoms with Crippen molar-refractivity contribution in [3.8, 4) is 11.5 Å². The second-order valence-corrected chi connectivity index (χ2v) is 9.41. The quantitative estimate of drug-likeness (QED) is 0.554. The Balaban J connectivity index is 1.74. The van der Waals surface area contributed by atoms with Gasteiger partial charge in [0.15, 0.2) is 9.84 Å². The smallest absolute Gasteiger partial charge is 0.275 e. The van der Waals surface area contributed by atoms with E-state index >= 15 is 0 Å². The lowest BCUT2D eigenvalue weighted by Gasteiger charge is -2.08. The first kappa shape index (κ1) is 20.8. The second kappa shape index (κ2) is 8.62. The van der Waals surface area contributed by atoms with Gasteiger partial charge in [-0.1, -0.05) is 19.1 Å². The Labute approximate surface area is 172 Å². The molecule has 2 aromatic carbocycles. The molecule has 0 spiro atoms. The zero-order valence-electron chi connectivity index (χ0n) is 15.9. The first-order chi connectivity index (χ1) is 13.8. The predicted molar refractivity (Wildman–Crippen MR) is 112 cm³/mol. The number of phenols is 1. The highest BCUT2D eigenvalue weighted by Gasteiger charge is 2.17. The van der Waals surface area contributed by atoms with Crippen molar-refractivity contribution in [2.45, 2.75) is 18.2 Å². The number of hydrogen-bond acceptors (Lipinski definition) is 7. The second-order valence-electron chi connectivity index (χ2n) is 6.19. The van der Waals surface area contributed by atoms with Crippen molar-refractivity contribution in [2.24, 2.45) is 0 Å². The van der Waals surface area contributed by atoms with Crippen LogP contribution < -0.4 is 10.1 Å². The number of nitrogens with one attached hydrogen (secondary N) is 1. The van der Waals surface area contributed by atoms with Crippen molar-refractivity contribution in [1.82, 2.24) is 4.98 Å². The molecule has 0 aliphatic rings. The number of aromatic hydroxyl groups is 1. The third kappa shape index (κ3) is 4.93. The van der Waals surface area contributed by atoms with Crippen molar-refractivity contribution in [2.75, 3.05) is 18.2 Å². The van der Waals surface area contributed by atoms with Gasteiger partial charge in [-0.2, -0.15) is 0 Å². The normalized spacial score (nSPS) is 11.2. The first-order valence-corrected chi connectivity index (χ1v) is 11.3. The molecular weight excluding hydrogens is 412 g/mol. The lowest BCUT2D eigenvalue weighted by Crippen LogP contribution is -2.13. The van der Waals surface area contributed by atoms with Crippen LogP contribution >= 0.6 is 11.3 Å². The number of ether oxygens (including phenoxy) is 1. The fourth-order valence-electron chi connectivity index (χ4n) is 2.58. The number of carbonyl (C=O) groups excluding carboxylic acids is 1. The lowest BCUT2D eigenvalue weighted by molar-refractivity contribution is 0.102. The highest BCUT2D eigenvalue weighted by Crippen LogP contribution is 2.27. The van der Waals surface area contributed by atoms with Gasteiger partial charge in [-0.25, -0.2) is 13.4 Å². The van der Waals surface area contributed by atoms with Crippen molar-refractivity contribution >= 4 is 32.8 Å². The number of benzene rings is 2. The van der Waals surface area contributed by atoms with E-state index in [1.54, 1.807) is 12.5 Å². The Bertz CT molecular complexity index is 1120. The van der Waals surface area contributed by atoms with E-state index in [0.29, 0.717) is 6.42 Å². The van der Waals surface area contributed by atoms with Crippen LogP contribution in [0.5, 0.6) is 11.5 Å². The summed E-state index contributed by atoms with van der Waals surface area (Å²) in [6, 6.07) is 11.4. The molecular formula is C20H20N2O5S2. The molecule has 29 heavy (non-hydrogen) atoms. The summed E-state index contributed by atoms with van der Waals surface area (Å²) < 4.78 is 29.2. The number of phenolic OH excluding ortho intramolecular Hbond substituents is 1. The maximum atomic E-state index is 12.5. The highest BCUT2D eigenvalue weighted by atomic mass is 32.2. The molecule has 2 N–H and O–H groups in total. The molecule has 0 aliphatic heterocycles. The molecule has 1 heterocycles. The van der Waals surface area contributed by atoms with Crippen molar-refractivity contribution in [3.05, 3.63) is 64.1 Å². The number of sulfone groups is 1. The van der Waals surface area contributed by atoms with Gasteiger partial charge in [-0.15, -0.1) is 11.3 Å². The van der Waals surface area contributed by atoms with Gasteiger partial charge < -0.3 is 15.2 Å². The molecule has 0 bridgehead atoms. The minimum Gasteiger partial charge on any atom is -0.506 e. The Hall–Kier alpha value is -2.91. The van der Waals surface area contributed by atoms with E-state index in [-0.39, 0.29) is 27.8 Å². The molecule has 0 atom stereocenters. The van der Waals surface area contributed by atoms with Crippen LogP contribution in [0.25, 0.3) is 0 Å². The Morgan fingerprint density at radius 3 is 2.59 bits per heavy atom. The van der Waals surface area contributed by atoms with Gasteiger partial charge in [0.2, 0.25) is 0 Å². The van der Waals surface area contributed by atoms with E-state index in [9.17, 15) is 18.3 Å². The van der Waals surface area contributed by atoms with Gasteiger partial charge in [0.25, 0.3) is 5.91 Å². The molecule has 0 saturated heterocycles. The van der Waals surface area contributed by atoms with E-state index in [1.807, 2.05) is 24.3 Å². The van der Waals surface area contributed by atoms with E-state index in [1.165, 1.54) is 36.5 Å². The number of rotatable bonds is 7. The molecule has 7 nitrogen and oxygen atoms in total. The van der Waals surface area contributed by atoms with Crippen LogP contribution in [0.3, 0.4) is 0 Å². The number of thiazole rings is 1. The van der Waals surface area contributed by atoms with Crippen LogP contribution in [-0.2, 0) is 16.3 Å². The number of anilines is 1. The maximum absolute atomic E-state index is 12.5. The summed E-state index contributed by atoms with van der Waals surface area (Å²) in [7, 11) is -1.86. The standard InChI is InChI=1S/C20H20N2O5S2/c1-3-29(25,26)15-8-9-18(23)16(11-15)22-20(24)17-12-28-19(21-17)10-13-4-6-14(27-2)7-5-13/h4-9,11-12,23H,3,10H2,1-2H3,(H,22,24). The predicted octanol–water partition coefficient (Wildman–Crippen LogP) is 3.49. The van der Waals surface area contributed by atoms with E-state index in [4.69, 9.17) is 4.74 Å². The molecule has 0 saturated carbocycles. The SMILES string of the molecule is CCS(=O)(=O)c1ccc(O)c(NC(=O)c2csc(Cc3ccc(OC)cc3)n2)c1. The fraction of sp³-hybridized carbons (Fsp3) is 0.200. The zero-order valence-corrected chi connectivity index (χ0v) is 17.5. The van der Waals surface area contributed by atoms with Gasteiger partial charge in [0.1, 0.15) is 17.2 Å². The van der Waals surface area contributed by atoms with E-state index in [0.717, 1.165) is 16.3 Å². The monoisotopic (exact) mass is 432 g/mol. The minimum atomic E-state index is -3.46.